The first-order chi connectivity index (χ1) is 12.2. The van der Waals surface area contributed by atoms with Crippen LogP contribution < -0.4 is 0 Å². The van der Waals surface area contributed by atoms with Crippen molar-refractivity contribution in [3.05, 3.63) is 45.4 Å². The lowest BCUT2D eigenvalue weighted by Crippen LogP contribution is -2.35. The van der Waals surface area contributed by atoms with E-state index in [1.54, 1.807) is 22.7 Å². The van der Waals surface area contributed by atoms with Gasteiger partial charge in [-0.25, -0.2) is 9.97 Å². The number of rotatable bonds is 3. The third kappa shape index (κ3) is 3.73. The average molecular weight is 373 g/mol. The molecule has 0 unspecified atom stereocenters. The minimum absolute atomic E-state index is 0.127. The average Bonchev–Trinajstić information content (AvgIpc) is 3.17. The van der Waals surface area contributed by atoms with Crippen LogP contribution in [0.15, 0.2) is 29.1 Å². The molecule has 1 aliphatic heterocycles. The first kappa shape index (κ1) is 16.6. The van der Waals surface area contributed by atoms with E-state index in [1.165, 1.54) is 0 Å². The number of benzene rings is 1. The number of thiazole rings is 2. The maximum absolute atomic E-state index is 12.9. The van der Waals surface area contributed by atoms with Gasteiger partial charge in [0.15, 0.2) is 0 Å². The zero-order valence-electron chi connectivity index (χ0n) is 14.1. The molecule has 1 aromatic carbocycles. The molecule has 1 aliphatic rings. The minimum Gasteiger partial charge on any atom is -0.337 e. The number of hydrogen-bond acceptors (Lipinski definition) is 6. The van der Waals surface area contributed by atoms with Crippen molar-refractivity contribution in [1.82, 2.24) is 19.8 Å². The predicted octanol–water partition coefficient (Wildman–Crippen LogP) is 3.41. The van der Waals surface area contributed by atoms with Gasteiger partial charge in [-0.15, -0.1) is 22.7 Å². The van der Waals surface area contributed by atoms with Gasteiger partial charge in [0, 0.05) is 43.7 Å². The first-order valence-electron chi connectivity index (χ1n) is 8.45. The highest BCUT2D eigenvalue weighted by Gasteiger charge is 2.21. The van der Waals surface area contributed by atoms with Crippen LogP contribution in [-0.4, -0.2) is 51.9 Å². The molecule has 0 radical (unpaired) electrons. The van der Waals surface area contributed by atoms with Gasteiger partial charge in [0.25, 0.3) is 5.91 Å². The van der Waals surface area contributed by atoms with Crippen LogP contribution in [0.3, 0.4) is 0 Å². The number of amides is 1. The number of hydrogen-bond donors (Lipinski definition) is 0. The molecule has 0 spiro atoms. The molecule has 0 aliphatic carbocycles. The fourth-order valence-electron chi connectivity index (χ4n) is 3.21. The van der Waals surface area contributed by atoms with Gasteiger partial charge in [0.05, 0.1) is 26.4 Å². The van der Waals surface area contributed by atoms with Crippen LogP contribution in [0.2, 0.25) is 0 Å². The normalized spacial score (nSPS) is 16.3. The molecule has 5 nitrogen and oxygen atoms in total. The van der Waals surface area contributed by atoms with Crippen LogP contribution in [0.1, 0.15) is 27.5 Å². The standard InChI is InChI=1S/C18H20N4OS2/c1-13-20-15(11-24-13)10-21-5-2-6-22(8-7-21)18(23)14-3-4-16-17(9-14)25-12-19-16/h3-4,9,11-12H,2,5-8,10H2,1H3. The lowest BCUT2D eigenvalue weighted by atomic mass is 10.2. The topological polar surface area (TPSA) is 49.3 Å². The quantitative estimate of drug-likeness (QED) is 0.707. The summed E-state index contributed by atoms with van der Waals surface area (Å²) in [4.78, 5) is 26.1. The number of nitrogens with zero attached hydrogens (tertiary/aromatic N) is 4. The summed E-state index contributed by atoms with van der Waals surface area (Å²) in [7, 11) is 0. The molecule has 130 valence electrons. The van der Waals surface area contributed by atoms with Crippen molar-refractivity contribution in [2.75, 3.05) is 26.2 Å². The predicted molar refractivity (Wildman–Crippen MR) is 102 cm³/mol. The van der Waals surface area contributed by atoms with Crippen LogP contribution in [0.25, 0.3) is 10.2 Å². The van der Waals surface area contributed by atoms with Gasteiger partial charge in [-0.1, -0.05) is 0 Å². The molecular weight excluding hydrogens is 352 g/mol. The molecule has 2 aromatic heterocycles. The van der Waals surface area contributed by atoms with Crippen molar-refractivity contribution in [2.24, 2.45) is 0 Å². The Balaban J connectivity index is 1.42. The van der Waals surface area contributed by atoms with Crippen molar-refractivity contribution >= 4 is 38.8 Å². The monoisotopic (exact) mass is 372 g/mol. The highest BCUT2D eigenvalue weighted by Crippen LogP contribution is 2.20. The molecule has 3 heterocycles. The second-order valence-electron chi connectivity index (χ2n) is 6.31. The summed E-state index contributed by atoms with van der Waals surface area (Å²) < 4.78 is 1.07. The van der Waals surface area contributed by atoms with E-state index in [-0.39, 0.29) is 5.91 Å². The Morgan fingerprint density at radius 2 is 2.12 bits per heavy atom. The van der Waals surface area contributed by atoms with Crippen molar-refractivity contribution in [1.29, 1.82) is 0 Å². The number of fused-ring (bicyclic) bond motifs is 1. The van der Waals surface area contributed by atoms with E-state index < -0.39 is 0 Å². The van der Waals surface area contributed by atoms with E-state index in [0.29, 0.717) is 0 Å². The molecule has 0 atom stereocenters. The van der Waals surface area contributed by atoms with Crippen molar-refractivity contribution in [2.45, 2.75) is 19.9 Å². The van der Waals surface area contributed by atoms with Crippen LogP contribution in [-0.2, 0) is 6.54 Å². The largest absolute Gasteiger partial charge is 0.337 e. The third-order valence-electron chi connectivity index (χ3n) is 4.51. The van der Waals surface area contributed by atoms with Crippen LogP contribution in [0.4, 0.5) is 0 Å². The van der Waals surface area contributed by atoms with Crippen molar-refractivity contribution < 1.29 is 4.79 Å². The summed E-state index contributed by atoms with van der Waals surface area (Å²) in [6.07, 6.45) is 0.998. The molecule has 1 fully saturated rings. The van der Waals surface area contributed by atoms with Gasteiger partial charge in [-0.05, 0) is 31.5 Å². The Morgan fingerprint density at radius 3 is 2.96 bits per heavy atom. The lowest BCUT2D eigenvalue weighted by molar-refractivity contribution is 0.0761. The highest BCUT2D eigenvalue weighted by molar-refractivity contribution is 7.16. The molecule has 0 N–H and O–H groups in total. The zero-order chi connectivity index (χ0) is 17.2. The number of aryl methyl sites for hydroxylation is 1. The summed E-state index contributed by atoms with van der Waals surface area (Å²) in [5.41, 5.74) is 4.68. The summed E-state index contributed by atoms with van der Waals surface area (Å²) in [6.45, 7) is 6.39. The Bertz CT molecular complexity index is 888. The first-order valence-corrected chi connectivity index (χ1v) is 10.2. The van der Waals surface area contributed by atoms with E-state index in [2.05, 4.69) is 20.2 Å². The molecule has 1 amide bonds. The second kappa shape index (κ2) is 7.19. The summed E-state index contributed by atoms with van der Waals surface area (Å²) >= 11 is 3.27. The molecular formula is C18H20N4OS2. The summed E-state index contributed by atoms with van der Waals surface area (Å²) in [5, 5.41) is 3.24. The highest BCUT2D eigenvalue weighted by atomic mass is 32.1. The third-order valence-corrected chi connectivity index (χ3v) is 6.12. The SMILES string of the molecule is Cc1nc(CN2CCCN(C(=O)c3ccc4ncsc4c3)CC2)cs1. The molecule has 1 saturated heterocycles. The minimum atomic E-state index is 0.127. The summed E-state index contributed by atoms with van der Waals surface area (Å²) in [5.74, 6) is 0.127. The maximum Gasteiger partial charge on any atom is 0.253 e. The second-order valence-corrected chi connectivity index (χ2v) is 8.26. The molecule has 4 rings (SSSR count). The molecule has 25 heavy (non-hydrogen) atoms. The Labute approximate surface area is 154 Å². The van der Waals surface area contributed by atoms with Crippen LogP contribution >= 0.6 is 22.7 Å². The van der Waals surface area contributed by atoms with Gasteiger partial charge in [-0.2, -0.15) is 0 Å². The number of carbonyl (C=O) groups excluding carboxylic acids is 1. The number of aromatic nitrogens is 2. The van der Waals surface area contributed by atoms with E-state index in [0.717, 1.165) is 65.6 Å². The fourth-order valence-corrected chi connectivity index (χ4v) is 4.53. The Kier molecular flexibility index (Phi) is 4.78. The summed E-state index contributed by atoms with van der Waals surface area (Å²) in [6, 6.07) is 5.80. The Morgan fingerprint density at radius 1 is 1.20 bits per heavy atom. The van der Waals surface area contributed by atoms with Gasteiger partial charge < -0.3 is 4.90 Å². The molecule has 0 bridgehead atoms. The maximum atomic E-state index is 12.9. The van der Waals surface area contributed by atoms with Crippen molar-refractivity contribution in [3.8, 4) is 0 Å². The fraction of sp³-hybridized carbons (Fsp3) is 0.389. The number of carbonyl (C=O) groups is 1. The molecule has 0 saturated carbocycles. The van der Waals surface area contributed by atoms with Gasteiger partial charge >= 0.3 is 0 Å². The van der Waals surface area contributed by atoms with E-state index >= 15 is 0 Å². The van der Waals surface area contributed by atoms with Gasteiger partial charge in [0.2, 0.25) is 0 Å². The van der Waals surface area contributed by atoms with E-state index in [9.17, 15) is 4.79 Å². The Hall–Kier alpha value is -1.83. The van der Waals surface area contributed by atoms with Crippen LogP contribution in [0, 0.1) is 6.92 Å². The molecule has 3 aromatic rings. The zero-order valence-corrected chi connectivity index (χ0v) is 15.8. The van der Waals surface area contributed by atoms with E-state index in [4.69, 9.17) is 0 Å². The van der Waals surface area contributed by atoms with Gasteiger partial charge in [0.1, 0.15) is 0 Å². The smallest absolute Gasteiger partial charge is 0.253 e. The van der Waals surface area contributed by atoms with E-state index in [1.807, 2.05) is 35.5 Å². The van der Waals surface area contributed by atoms with Crippen LogP contribution in [0.5, 0.6) is 0 Å². The van der Waals surface area contributed by atoms with Gasteiger partial charge in [-0.3, -0.25) is 9.69 Å². The lowest BCUT2D eigenvalue weighted by Gasteiger charge is -2.21. The molecule has 7 heteroatoms. The van der Waals surface area contributed by atoms with Crippen molar-refractivity contribution in [3.63, 3.8) is 0 Å².